The van der Waals surface area contributed by atoms with Gasteiger partial charge in [0.05, 0.1) is 17.1 Å². The summed E-state index contributed by atoms with van der Waals surface area (Å²) >= 11 is 0. The Labute approximate surface area is 104 Å². The topological polar surface area (TPSA) is 47.3 Å². The van der Waals surface area contributed by atoms with Gasteiger partial charge in [0, 0.05) is 13.1 Å². The Morgan fingerprint density at radius 3 is 2.12 bits per heavy atom. The van der Waals surface area contributed by atoms with Crippen LogP contribution in [0.1, 0.15) is 51.4 Å². The fraction of sp³-hybridized carbons (Fsp3) is 0.929. The van der Waals surface area contributed by atoms with Crippen LogP contribution in [0.4, 0.5) is 0 Å². The third kappa shape index (κ3) is 2.34. The quantitative estimate of drug-likeness (QED) is 0.760. The summed E-state index contributed by atoms with van der Waals surface area (Å²) in [5, 5.41) is 20.5. The van der Waals surface area contributed by atoms with Gasteiger partial charge in [-0.3, -0.25) is 0 Å². The first kappa shape index (κ1) is 12.9. The molecule has 0 aromatic carbocycles. The maximum absolute atomic E-state index is 10.9. The van der Waals surface area contributed by atoms with Crippen molar-refractivity contribution in [3.8, 4) is 6.07 Å². The minimum Gasteiger partial charge on any atom is -0.387 e. The smallest absolute Gasteiger partial charge is 0.0971 e. The van der Waals surface area contributed by atoms with Gasteiger partial charge in [-0.1, -0.05) is 32.1 Å². The molecule has 0 aromatic rings. The molecule has 0 aromatic heterocycles. The maximum atomic E-state index is 10.9. The maximum Gasteiger partial charge on any atom is 0.0971 e. The minimum atomic E-state index is -0.770. The fourth-order valence-corrected chi connectivity index (χ4v) is 3.56. The van der Waals surface area contributed by atoms with Crippen LogP contribution < -0.4 is 0 Å². The number of likely N-dealkylation sites (N-methyl/N-ethyl adjacent to an activating group) is 1. The second kappa shape index (κ2) is 4.96. The van der Waals surface area contributed by atoms with Gasteiger partial charge in [0.15, 0.2) is 0 Å². The molecule has 2 rings (SSSR count). The average molecular weight is 236 g/mol. The van der Waals surface area contributed by atoms with Gasteiger partial charge in [-0.25, -0.2) is 0 Å². The summed E-state index contributed by atoms with van der Waals surface area (Å²) in [7, 11) is 2.03. The zero-order valence-corrected chi connectivity index (χ0v) is 10.9. The Kier molecular flexibility index (Phi) is 3.75. The van der Waals surface area contributed by atoms with E-state index < -0.39 is 11.0 Å². The Hall–Kier alpha value is -0.590. The van der Waals surface area contributed by atoms with Crippen LogP contribution in [0, 0.1) is 16.7 Å². The van der Waals surface area contributed by atoms with Crippen molar-refractivity contribution in [2.45, 2.75) is 57.0 Å². The summed E-state index contributed by atoms with van der Waals surface area (Å²) < 4.78 is 0. The molecule has 0 radical (unpaired) electrons. The van der Waals surface area contributed by atoms with Gasteiger partial charge in [0.25, 0.3) is 0 Å². The molecule has 96 valence electrons. The van der Waals surface area contributed by atoms with Crippen molar-refractivity contribution in [3.05, 3.63) is 0 Å². The summed E-state index contributed by atoms with van der Waals surface area (Å²) in [4.78, 5) is 2.15. The zero-order valence-electron chi connectivity index (χ0n) is 10.9. The summed E-state index contributed by atoms with van der Waals surface area (Å²) in [6.45, 7) is 1.58. The molecule has 1 aliphatic heterocycles. The van der Waals surface area contributed by atoms with Crippen LogP contribution in [0.15, 0.2) is 0 Å². The Morgan fingerprint density at radius 1 is 1.06 bits per heavy atom. The van der Waals surface area contributed by atoms with E-state index in [1.807, 2.05) is 7.05 Å². The summed E-state index contributed by atoms with van der Waals surface area (Å²) in [5.41, 5.74) is -1.26. The standard InChI is InChI=1S/C14H24N2O/c1-16-10-9-14(17,12-16)13(11-15)7-5-3-2-4-6-8-13/h17H,2-10,12H2,1H3. The van der Waals surface area contributed by atoms with Crippen LogP contribution in [0.3, 0.4) is 0 Å². The molecule has 2 fully saturated rings. The molecular formula is C14H24N2O. The number of hydrogen-bond donors (Lipinski definition) is 1. The van der Waals surface area contributed by atoms with Gasteiger partial charge in [-0.2, -0.15) is 5.26 Å². The van der Waals surface area contributed by atoms with Crippen molar-refractivity contribution < 1.29 is 5.11 Å². The Morgan fingerprint density at radius 2 is 1.65 bits per heavy atom. The highest BCUT2D eigenvalue weighted by Crippen LogP contribution is 2.46. The van der Waals surface area contributed by atoms with Gasteiger partial charge in [0.1, 0.15) is 0 Å². The number of β-amino-alcohol motifs (C(OH)–C–C–N with tert-alkyl or cyclic N) is 1. The molecule has 0 spiro atoms. The van der Waals surface area contributed by atoms with E-state index in [0.29, 0.717) is 6.54 Å². The van der Waals surface area contributed by atoms with Gasteiger partial charge >= 0.3 is 0 Å². The molecule has 1 N–H and O–H groups in total. The lowest BCUT2D eigenvalue weighted by atomic mass is 9.65. The highest BCUT2D eigenvalue weighted by atomic mass is 16.3. The SMILES string of the molecule is CN1CCC(O)(C2(C#N)CCCCCCC2)C1. The highest BCUT2D eigenvalue weighted by Gasteiger charge is 2.52. The first-order valence-corrected chi connectivity index (χ1v) is 6.94. The molecule has 0 amide bonds. The molecule has 1 aliphatic carbocycles. The molecule has 1 atom stereocenters. The number of hydrogen-bond acceptors (Lipinski definition) is 3. The molecular weight excluding hydrogens is 212 g/mol. The normalized spacial score (nSPS) is 34.9. The predicted octanol–water partition coefficient (Wildman–Crippen LogP) is 2.31. The molecule has 0 bridgehead atoms. The monoisotopic (exact) mass is 236 g/mol. The fourth-order valence-electron chi connectivity index (χ4n) is 3.56. The molecule has 1 saturated heterocycles. The number of rotatable bonds is 1. The molecule has 17 heavy (non-hydrogen) atoms. The summed E-state index contributed by atoms with van der Waals surface area (Å²) in [5.74, 6) is 0. The molecule has 3 heteroatoms. The third-order valence-electron chi connectivity index (χ3n) is 4.75. The lowest BCUT2D eigenvalue weighted by molar-refractivity contribution is -0.0568. The van der Waals surface area contributed by atoms with Gasteiger partial charge < -0.3 is 10.0 Å². The van der Waals surface area contributed by atoms with E-state index in [1.165, 1.54) is 19.3 Å². The van der Waals surface area contributed by atoms with Crippen LogP contribution >= 0.6 is 0 Å². The van der Waals surface area contributed by atoms with Crippen molar-refractivity contribution in [2.75, 3.05) is 20.1 Å². The van der Waals surface area contributed by atoms with E-state index in [9.17, 15) is 10.4 Å². The first-order chi connectivity index (χ1) is 8.12. The van der Waals surface area contributed by atoms with E-state index in [0.717, 1.165) is 38.6 Å². The van der Waals surface area contributed by atoms with Crippen molar-refractivity contribution in [2.24, 2.45) is 5.41 Å². The van der Waals surface area contributed by atoms with Crippen LogP contribution in [-0.4, -0.2) is 35.7 Å². The van der Waals surface area contributed by atoms with E-state index >= 15 is 0 Å². The van der Waals surface area contributed by atoms with Gasteiger partial charge in [0.2, 0.25) is 0 Å². The molecule has 1 unspecified atom stereocenters. The van der Waals surface area contributed by atoms with E-state index in [1.54, 1.807) is 0 Å². The molecule has 3 nitrogen and oxygen atoms in total. The average Bonchev–Trinajstić information content (AvgIpc) is 2.60. The van der Waals surface area contributed by atoms with Crippen molar-refractivity contribution >= 4 is 0 Å². The lowest BCUT2D eigenvalue weighted by Crippen LogP contribution is -2.49. The van der Waals surface area contributed by atoms with Crippen molar-refractivity contribution in [1.82, 2.24) is 4.90 Å². The predicted molar refractivity (Wildman–Crippen MR) is 67.4 cm³/mol. The van der Waals surface area contributed by atoms with Crippen LogP contribution in [0.2, 0.25) is 0 Å². The van der Waals surface area contributed by atoms with Crippen LogP contribution in [0.5, 0.6) is 0 Å². The first-order valence-electron chi connectivity index (χ1n) is 6.94. The number of nitriles is 1. The second-order valence-corrected chi connectivity index (χ2v) is 5.98. The van der Waals surface area contributed by atoms with Gasteiger partial charge in [-0.05, 0) is 26.3 Å². The van der Waals surface area contributed by atoms with Gasteiger partial charge in [-0.15, -0.1) is 0 Å². The van der Waals surface area contributed by atoms with Crippen LogP contribution in [0.25, 0.3) is 0 Å². The second-order valence-electron chi connectivity index (χ2n) is 5.98. The zero-order chi connectivity index (χ0) is 12.4. The van der Waals surface area contributed by atoms with Crippen molar-refractivity contribution in [1.29, 1.82) is 5.26 Å². The number of likely N-dealkylation sites (tertiary alicyclic amines) is 1. The molecule has 1 heterocycles. The summed E-state index contributed by atoms with van der Waals surface area (Å²) in [6.07, 6.45) is 8.45. The third-order valence-corrected chi connectivity index (χ3v) is 4.75. The molecule has 1 saturated carbocycles. The van der Waals surface area contributed by atoms with E-state index in [4.69, 9.17) is 0 Å². The number of aliphatic hydroxyl groups is 1. The number of nitrogens with zero attached hydrogens (tertiary/aromatic N) is 2. The van der Waals surface area contributed by atoms with Crippen LogP contribution in [-0.2, 0) is 0 Å². The lowest BCUT2D eigenvalue weighted by Gasteiger charge is -2.41. The minimum absolute atomic E-state index is 0.488. The molecule has 2 aliphatic rings. The highest BCUT2D eigenvalue weighted by molar-refractivity contribution is 5.14. The van der Waals surface area contributed by atoms with E-state index in [-0.39, 0.29) is 0 Å². The Bertz CT molecular complexity index is 302. The van der Waals surface area contributed by atoms with Crippen molar-refractivity contribution in [3.63, 3.8) is 0 Å². The Balaban J connectivity index is 2.19. The summed E-state index contributed by atoms with van der Waals surface area (Å²) in [6, 6.07) is 2.51. The largest absolute Gasteiger partial charge is 0.387 e. The van der Waals surface area contributed by atoms with E-state index in [2.05, 4.69) is 11.0 Å².